The lowest BCUT2D eigenvalue weighted by Crippen LogP contribution is -2.30. The molecule has 1 aromatic heterocycles. The molecule has 9 heteroatoms. The van der Waals surface area contributed by atoms with E-state index in [9.17, 15) is 19.5 Å². The van der Waals surface area contributed by atoms with Crippen molar-refractivity contribution in [1.29, 1.82) is 0 Å². The fraction of sp³-hybridized carbons (Fsp3) is 0.240. The number of ether oxygens (including phenoxy) is 1. The van der Waals surface area contributed by atoms with Crippen LogP contribution in [-0.2, 0) is 22.6 Å². The number of carbonyl (C=O) groups is 3. The quantitative estimate of drug-likeness (QED) is 0.399. The summed E-state index contributed by atoms with van der Waals surface area (Å²) in [5, 5.41) is 19.1. The molecular weight excluding hydrogens is 478 g/mol. The van der Waals surface area contributed by atoms with Crippen molar-refractivity contribution in [2.75, 3.05) is 13.2 Å². The molecular formula is C25H24ClNO6S. The largest absolute Gasteiger partial charge is 0.480 e. The monoisotopic (exact) mass is 501 g/mol. The highest BCUT2D eigenvalue weighted by Gasteiger charge is 2.23. The maximum atomic E-state index is 12.3. The van der Waals surface area contributed by atoms with Crippen LogP contribution in [0.3, 0.4) is 0 Å². The molecule has 178 valence electrons. The molecule has 0 bridgehead atoms. The van der Waals surface area contributed by atoms with Crippen molar-refractivity contribution < 1.29 is 29.3 Å². The number of carboxylic acid groups (broad SMARTS) is 2. The molecule has 0 atom stereocenters. The average molecular weight is 502 g/mol. The predicted molar refractivity (Wildman–Crippen MR) is 131 cm³/mol. The summed E-state index contributed by atoms with van der Waals surface area (Å²) in [5.41, 5.74) is 3.30. The van der Waals surface area contributed by atoms with Crippen molar-refractivity contribution in [3.63, 3.8) is 0 Å². The summed E-state index contributed by atoms with van der Waals surface area (Å²) in [6.45, 7) is 3.54. The van der Waals surface area contributed by atoms with Crippen molar-refractivity contribution >= 4 is 40.8 Å². The number of amides is 1. The zero-order valence-electron chi connectivity index (χ0n) is 18.7. The highest BCUT2D eigenvalue weighted by atomic mass is 35.5. The molecule has 0 spiro atoms. The molecule has 0 radical (unpaired) electrons. The van der Waals surface area contributed by atoms with Gasteiger partial charge in [-0.25, -0.2) is 9.59 Å². The Morgan fingerprint density at radius 1 is 1.06 bits per heavy atom. The number of hydrogen-bond donors (Lipinski definition) is 2. The van der Waals surface area contributed by atoms with Gasteiger partial charge in [-0.2, -0.15) is 0 Å². The van der Waals surface area contributed by atoms with Gasteiger partial charge in [0.1, 0.15) is 5.75 Å². The van der Waals surface area contributed by atoms with Crippen LogP contribution in [0.4, 0.5) is 0 Å². The van der Waals surface area contributed by atoms with Crippen LogP contribution >= 0.6 is 22.9 Å². The summed E-state index contributed by atoms with van der Waals surface area (Å²) in [4.78, 5) is 37.2. The van der Waals surface area contributed by atoms with Crippen molar-refractivity contribution in [3.8, 4) is 16.2 Å². The van der Waals surface area contributed by atoms with Gasteiger partial charge in [0.15, 0.2) is 11.5 Å². The first-order valence-electron chi connectivity index (χ1n) is 10.5. The molecule has 2 aromatic carbocycles. The van der Waals surface area contributed by atoms with Crippen LogP contribution in [0.25, 0.3) is 10.4 Å². The summed E-state index contributed by atoms with van der Waals surface area (Å²) >= 11 is 6.97. The molecule has 0 saturated heterocycles. The molecule has 3 aromatic rings. The minimum absolute atomic E-state index is 0.0486. The third-order valence-electron chi connectivity index (χ3n) is 5.22. The SMILES string of the molecule is CC(=O)N(CCc1ccc(Cl)cc1)Cc1cccc(-c2sc(C(=O)O)c(OCC(=O)O)c2C)c1. The van der Waals surface area contributed by atoms with E-state index in [1.807, 2.05) is 48.5 Å². The topological polar surface area (TPSA) is 104 Å². The summed E-state index contributed by atoms with van der Waals surface area (Å²) in [6, 6.07) is 15.0. The summed E-state index contributed by atoms with van der Waals surface area (Å²) in [7, 11) is 0. The first-order chi connectivity index (χ1) is 16.2. The molecule has 2 N–H and O–H groups in total. The molecule has 0 fully saturated rings. The lowest BCUT2D eigenvalue weighted by molar-refractivity contribution is -0.139. The van der Waals surface area contributed by atoms with Crippen LogP contribution < -0.4 is 4.74 Å². The Bertz CT molecular complexity index is 1200. The Morgan fingerprint density at radius 2 is 1.76 bits per heavy atom. The van der Waals surface area contributed by atoms with Gasteiger partial charge in [-0.1, -0.05) is 41.9 Å². The average Bonchev–Trinajstić information content (AvgIpc) is 3.12. The molecule has 1 heterocycles. The predicted octanol–water partition coefficient (Wildman–Crippen LogP) is 5.13. The maximum Gasteiger partial charge on any atom is 0.349 e. The number of aliphatic carboxylic acids is 1. The molecule has 0 aliphatic rings. The summed E-state index contributed by atoms with van der Waals surface area (Å²) in [6.07, 6.45) is 0.687. The van der Waals surface area contributed by atoms with E-state index >= 15 is 0 Å². The lowest BCUT2D eigenvalue weighted by atomic mass is 10.1. The van der Waals surface area contributed by atoms with E-state index in [0.717, 1.165) is 28.0 Å². The standard InChI is InChI=1S/C25H24ClNO6S/c1-15-22(33-14-21(29)30)24(25(31)32)34-23(15)19-5-3-4-18(12-19)13-27(16(2)28)11-10-17-6-8-20(26)9-7-17/h3-9,12H,10-11,13-14H2,1-2H3,(H,29,30)(H,31,32). The number of hydrogen-bond acceptors (Lipinski definition) is 5. The molecule has 0 aliphatic heterocycles. The van der Waals surface area contributed by atoms with Gasteiger partial charge in [-0.15, -0.1) is 11.3 Å². The molecule has 34 heavy (non-hydrogen) atoms. The minimum Gasteiger partial charge on any atom is -0.480 e. The van der Waals surface area contributed by atoms with Gasteiger partial charge in [0, 0.05) is 35.5 Å². The Kier molecular flexibility index (Phi) is 8.31. The number of aromatic carboxylic acids is 1. The van der Waals surface area contributed by atoms with Crippen molar-refractivity contribution in [2.45, 2.75) is 26.8 Å². The fourth-order valence-corrected chi connectivity index (χ4v) is 4.73. The van der Waals surface area contributed by atoms with Gasteiger partial charge >= 0.3 is 11.9 Å². The first kappa shape index (κ1) is 25.3. The van der Waals surface area contributed by atoms with Crippen molar-refractivity contribution in [3.05, 3.63) is 75.1 Å². The molecule has 3 rings (SSSR count). The Hall–Kier alpha value is -3.36. The van der Waals surface area contributed by atoms with Crippen molar-refractivity contribution in [2.24, 2.45) is 0 Å². The van der Waals surface area contributed by atoms with Gasteiger partial charge < -0.3 is 19.8 Å². The van der Waals surface area contributed by atoms with E-state index < -0.39 is 18.5 Å². The fourth-order valence-electron chi connectivity index (χ4n) is 3.52. The highest BCUT2D eigenvalue weighted by molar-refractivity contribution is 7.18. The highest BCUT2D eigenvalue weighted by Crippen LogP contribution is 2.41. The minimum atomic E-state index is -1.19. The number of halogens is 1. The number of rotatable bonds is 10. The molecule has 0 unspecified atom stereocenters. The van der Waals surface area contributed by atoms with E-state index in [4.69, 9.17) is 21.4 Å². The number of benzene rings is 2. The number of carboxylic acids is 2. The van der Waals surface area contributed by atoms with E-state index in [0.29, 0.717) is 35.0 Å². The normalized spacial score (nSPS) is 10.7. The van der Waals surface area contributed by atoms with Crippen LogP contribution in [0.2, 0.25) is 5.02 Å². The zero-order valence-corrected chi connectivity index (χ0v) is 20.3. The van der Waals surface area contributed by atoms with Crippen LogP contribution in [0.5, 0.6) is 5.75 Å². The third kappa shape index (κ3) is 6.36. The van der Waals surface area contributed by atoms with Crippen LogP contribution in [0.15, 0.2) is 48.5 Å². The lowest BCUT2D eigenvalue weighted by Gasteiger charge is -2.21. The first-order valence-corrected chi connectivity index (χ1v) is 11.7. The smallest absolute Gasteiger partial charge is 0.349 e. The van der Waals surface area contributed by atoms with Crippen molar-refractivity contribution in [1.82, 2.24) is 4.90 Å². The molecule has 7 nitrogen and oxygen atoms in total. The molecule has 0 saturated carbocycles. The van der Waals surface area contributed by atoms with Gasteiger partial charge in [0.05, 0.1) is 0 Å². The molecule has 0 aliphatic carbocycles. The third-order valence-corrected chi connectivity index (χ3v) is 6.78. The number of carbonyl (C=O) groups excluding carboxylic acids is 1. The Balaban J connectivity index is 1.82. The van der Waals surface area contributed by atoms with E-state index in [1.54, 1.807) is 11.8 Å². The Labute approximate surface area is 206 Å². The van der Waals surface area contributed by atoms with Gasteiger partial charge in [0.25, 0.3) is 0 Å². The zero-order chi connectivity index (χ0) is 24.8. The maximum absolute atomic E-state index is 12.3. The van der Waals surface area contributed by atoms with Crippen LogP contribution in [-0.4, -0.2) is 46.1 Å². The summed E-state index contributed by atoms with van der Waals surface area (Å²) < 4.78 is 5.27. The van der Waals surface area contributed by atoms with E-state index in [1.165, 1.54) is 6.92 Å². The van der Waals surface area contributed by atoms with E-state index in [-0.39, 0.29) is 16.5 Å². The number of thiophene rings is 1. The second-order valence-electron chi connectivity index (χ2n) is 7.72. The van der Waals surface area contributed by atoms with Gasteiger partial charge in [-0.05, 0) is 48.2 Å². The second kappa shape index (κ2) is 11.2. The summed E-state index contributed by atoms with van der Waals surface area (Å²) in [5.74, 6) is -2.35. The van der Waals surface area contributed by atoms with E-state index in [2.05, 4.69) is 0 Å². The molecule has 1 amide bonds. The van der Waals surface area contributed by atoms with Crippen LogP contribution in [0.1, 0.15) is 33.3 Å². The second-order valence-corrected chi connectivity index (χ2v) is 9.18. The van der Waals surface area contributed by atoms with Gasteiger partial charge in [0.2, 0.25) is 5.91 Å². The van der Waals surface area contributed by atoms with Crippen LogP contribution in [0, 0.1) is 6.92 Å². The van der Waals surface area contributed by atoms with Gasteiger partial charge in [-0.3, -0.25) is 4.79 Å². The number of nitrogens with zero attached hydrogens (tertiary/aromatic N) is 1. The Morgan fingerprint density at radius 3 is 2.38 bits per heavy atom.